The van der Waals surface area contributed by atoms with E-state index in [1.54, 1.807) is 0 Å². The number of rotatable bonds is 3. The molecule has 31 heavy (non-hydrogen) atoms. The zero-order valence-electron chi connectivity index (χ0n) is 16.7. The Bertz CT molecular complexity index is 929. The third kappa shape index (κ3) is 3.90. The van der Waals surface area contributed by atoms with Crippen molar-refractivity contribution in [3.05, 3.63) is 30.2 Å². The van der Waals surface area contributed by atoms with E-state index < -0.39 is 11.9 Å². The van der Waals surface area contributed by atoms with Crippen molar-refractivity contribution in [1.29, 1.82) is 0 Å². The van der Waals surface area contributed by atoms with Gasteiger partial charge in [0.05, 0.1) is 12.4 Å². The summed E-state index contributed by atoms with van der Waals surface area (Å²) < 4.78 is 43.6. The molecule has 9 nitrogen and oxygen atoms in total. The molecule has 1 aliphatic carbocycles. The Morgan fingerprint density at radius 1 is 1.16 bits per heavy atom. The molecule has 0 bridgehead atoms. The van der Waals surface area contributed by atoms with Gasteiger partial charge in [-0.2, -0.15) is 18.3 Å². The number of carbonyl (C=O) groups is 1. The summed E-state index contributed by atoms with van der Waals surface area (Å²) in [4.78, 5) is 27.9. The number of ether oxygens (including phenoxy) is 1. The summed E-state index contributed by atoms with van der Waals surface area (Å²) in [5.41, 5.74) is -1.02. The highest BCUT2D eigenvalue weighted by atomic mass is 19.4. The van der Waals surface area contributed by atoms with Gasteiger partial charge in [-0.05, 0) is 25.7 Å². The normalized spacial score (nSPS) is 25.1. The second-order valence-corrected chi connectivity index (χ2v) is 8.66. The number of aromatic amines is 1. The van der Waals surface area contributed by atoms with Crippen molar-refractivity contribution in [2.24, 2.45) is 5.41 Å². The van der Waals surface area contributed by atoms with E-state index in [9.17, 15) is 18.0 Å². The van der Waals surface area contributed by atoms with Crippen LogP contribution in [0, 0.1) is 5.41 Å². The minimum Gasteiger partial charge on any atom is -0.473 e. The molecule has 0 unspecified atom stereocenters. The highest BCUT2D eigenvalue weighted by molar-refractivity contribution is 5.76. The standard InChI is InChI=1S/C19H22F3N7O2/c20-19(21,22)14-6-24-15(7-23-14)31-13-1-3-18(5-13)9-29(10-18)17(30)28-4-2-12(8-28)16-25-11-26-27-16/h6-7,11-13H,1-5,8-10H2,(H,25,26,27)/t12-,13-/m0/s1. The predicted molar refractivity (Wildman–Crippen MR) is 100 cm³/mol. The molecule has 12 heteroatoms. The van der Waals surface area contributed by atoms with Crippen LogP contribution in [0.1, 0.15) is 43.1 Å². The average molecular weight is 437 g/mol. The number of halogens is 3. The first-order valence-corrected chi connectivity index (χ1v) is 10.3. The van der Waals surface area contributed by atoms with Crippen molar-refractivity contribution in [2.45, 2.75) is 43.9 Å². The molecule has 4 heterocycles. The smallest absolute Gasteiger partial charge is 0.434 e. The fraction of sp³-hybridized carbons (Fsp3) is 0.632. The number of aromatic nitrogens is 5. The Kier molecular flexibility index (Phi) is 4.74. The molecule has 5 rings (SSSR count). The molecule has 1 spiro atoms. The average Bonchev–Trinajstić information content (AvgIpc) is 3.45. The molecule has 3 aliphatic rings. The Hall–Kier alpha value is -2.92. The number of nitrogens with one attached hydrogen (secondary N) is 1. The number of urea groups is 1. The Morgan fingerprint density at radius 2 is 2.00 bits per heavy atom. The van der Waals surface area contributed by atoms with Gasteiger partial charge in [-0.15, -0.1) is 0 Å². The maximum absolute atomic E-state index is 12.8. The number of hydrogen-bond donors (Lipinski definition) is 1. The van der Waals surface area contributed by atoms with Gasteiger partial charge in [0.2, 0.25) is 5.88 Å². The molecule has 2 amide bonds. The molecule has 2 aromatic rings. The lowest BCUT2D eigenvalue weighted by atomic mass is 9.78. The Balaban J connectivity index is 1.11. The van der Waals surface area contributed by atoms with Gasteiger partial charge in [0.15, 0.2) is 5.69 Å². The molecule has 2 aromatic heterocycles. The fourth-order valence-electron chi connectivity index (χ4n) is 4.90. The molecule has 0 aromatic carbocycles. The van der Waals surface area contributed by atoms with Crippen LogP contribution in [0.25, 0.3) is 0 Å². The van der Waals surface area contributed by atoms with Crippen LogP contribution < -0.4 is 4.74 Å². The molecule has 2 aliphatic heterocycles. The third-order valence-corrected chi connectivity index (χ3v) is 6.47. The number of likely N-dealkylation sites (tertiary alicyclic amines) is 2. The predicted octanol–water partition coefficient (Wildman–Crippen LogP) is 2.46. The van der Waals surface area contributed by atoms with Gasteiger partial charge in [0.1, 0.15) is 18.3 Å². The number of amides is 2. The summed E-state index contributed by atoms with van der Waals surface area (Å²) in [5.74, 6) is 1.10. The largest absolute Gasteiger partial charge is 0.473 e. The summed E-state index contributed by atoms with van der Waals surface area (Å²) in [6.07, 6.45) is 1.84. The fourth-order valence-corrected chi connectivity index (χ4v) is 4.90. The van der Waals surface area contributed by atoms with Gasteiger partial charge in [-0.1, -0.05) is 0 Å². The van der Waals surface area contributed by atoms with Crippen molar-refractivity contribution in [2.75, 3.05) is 26.2 Å². The minimum atomic E-state index is -4.52. The molecular formula is C19H22F3N7O2. The van der Waals surface area contributed by atoms with Crippen molar-refractivity contribution >= 4 is 6.03 Å². The lowest BCUT2D eigenvalue weighted by Gasteiger charge is -2.49. The summed E-state index contributed by atoms with van der Waals surface area (Å²) in [5, 5.41) is 6.76. The summed E-state index contributed by atoms with van der Waals surface area (Å²) in [6.45, 7) is 2.68. The Morgan fingerprint density at radius 3 is 2.68 bits per heavy atom. The van der Waals surface area contributed by atoms with Crippen LogP contribution in [0.2, 0.25) is 0 Å². The SMILES string of the molecule is O=C(N1CC[C@H](c2ncn[nH]2)C1)N1CC2(CC[C@H](Oc3cnc(C(F)(F)F)cn3)C2)C1. The van der Waals surface area contributed by atoms with Gasteiger partial charge < -0.3 is 14.5 Å². The molecule has 1 N–H and O–H groups in total. The van der Waals surface area contributed by atoms with Crippen molar-refractivity contribution in [1.82, 2.24) is 34.9 Å². The lowest BCUT2D eigenvalue weighted by Crippen LogP contribution is -2.60. The maximum Gasteiger partial charge on any atom is 0.434 e. The Labute approximate surface area is 176 Å². The van der Waals surface area contributed by atoms with E-state index in [0.29, 0.717) is 32.4 Å². The monoisotopic (exact) mass is 437 g/mol. The van der Waals surface area contributed by atoms with Gasteiger partial charge in [0.25, 0.3) is 0 Å². The van der Waals surface area contributed by atoms with Gasteiger partial charge >= 0.3 is 12.2 Å². The van der Waals surface area contributed by atoms with E-state index in [-0.39, 0.29) is 29.3 Å². The van der Waals surface area contributed by atoms with Crippen LogP contribution in [-0.4, -0.2) is 73.3 Å². The van der Waals surface area contributed by atoms with Crippen LogP contribution in [0.4, 0.5) is 18.0 Å². The number of carbonyl (C=O) groups excluding carboxylic acids is 1. The van der Waals surface area contributed by atoms with Crippen molar-refractivity contribution < 1.29 is 22.7 Å². The summed E-state index contributed by atoms with van der Waals surface area (Å²) >= 11 is 0. The number of alkyl halides is 3. The molecule has 0 radical (unpaired) electrons. The quantitative estimate of drug-likeness (QED) is 0.792. The maximum atomic E-state index is 12.8. The lowest BCUT2D eigenvalue weighted by molar-refractivity contribution is -0.141. The zero-order valence-corrected chi connectivity index (χ0v) is 16.7. The van der Waals surface area contributed by atoms with E-state index in [1.165, 1.54) is 6.33 Å². The van der Waals surface area contributed by atoms with E-state index >= 15 is 0 Å². The van der Waals surface area contributed by atoms with E-state index in [2.05, 4.69) is 25.1 Å². The number of hydrogen-bond acceptors (Lipinski definition) is 6. The zero-order chi connectivity index (χ0) is 21.6. The van der Waals surface area contributed by atoms with E-state index in [0.717, 1.165) is 37.7 Å². The third-order valence-electron chi connectivity index (χ3n) is 6.47. The molecule has 2 atom stereocenters. The number of nitrogens with zero attached hydrogens (tertiary/aromatic N) is 6. The van der Waals surface area contributed by atoms with E-state index in [1.807, 2.05) is 9.80 Å². The van der Waals surface area contributed by atoms with Crippen LogP contribution in [0.15, 0.2) is 18.7 Å². The molecule has 3 fully saturated rings. The van der Waals surface area contributed by atoms with Gasteiger partial charge in [-0.25, -0.2) is 19.7 Å². The highest BCUT2D eigenvalue weighted by Gasteiger charge is 2.51. The molecule has 1 saturated carbocycles. The first-order chi connectivity index (χ1) is 14.8. The second kappa shape index (κ2) is 7.34. The van der Waals surface area contributed by atoms with Gasteiger partial charge in [-0.3, -0.25) is 5.10 Å². The summed E-state index contributed by atoms with van der Waals surface area (Å²) in [7, 11) is 0. The molecular weight excluding hydrogens is 415 g/mol. The van der Waals surface area contributed by atoms with Crippen LogP contribution in [0.3, 0.4) is 0 Å². The van der Waals surface area contributed by atoms with Crippen LogP contribution >= 0.6 is 0 Å². The van der Waals surface area contributed by atoms with Crippen LogP contribution in [0.5, 0.6) is 5.88 Å². The number of H-pyrrole nitrogens is 1. The van der Waals surface area contributed by atoms with Gasteiger partial charge in [0, 0.05) is 37.5 Å². The van der Waals surface area contributed by atoms with Crippen molar-refractivity contribution in [3.8, 4) is 5.88 Å². The first-order valence-electron chi connectivity index (χ1n) is 10.3. The molecule has 2 saturated heterocycles. The highest BCUT2D eigenvalue weighted by Crippen LogP contribution is 2.47. The minimum absolute atomic E-state index is 0.0176. The first kappa shape index (κ1) is 20.0. The van der Waals surface area contributed by atoms with Crippen LogP contribution in [-0.2, 0) is 6.18 Å². The summed E-state index contributed by atoms with van der Waals surface area (Å²) in [6, 6.07) is 0.0469. The second-order valence-electron chi connectivity index (χ2n) is 8.66. The van der Waals surface area contributed by atoms with E-state index in [4.69, 9.17) is 4.74 Å². The van der Waals surface area contributed by atoms with Crippen molar-refractivity contribution in [3.63, 3.8) is 0 Å². The molecule has 166 valence electrons. The topological polar surface area (TPSA) is 100 Å².